The number of aryl methyl sites for hydroxylation is 1. The summed E-state index contributed by atoms with van der Waals surface area (Å²) < 4.78 is 34.9. The summed E-state index contributed by atoms with van der Waals surface area (Å²) in [5.41, 5.74) is 2.44. The highest BCUT2D eigenvalue weighted by Crippen LogP contribution is 2.38. The molecule has 0 bridgehead atoms. The van der Waals surface area contributed by atoms with E-state index in [4.69, 9.17) is 4.74 Å². The first-order valence-electron chi connectivity index (χ1n) is 11.1. The summed E-state index contributed by atoms with van der Waals surface area (Å²) in [6.07, 6.45) is -1.07. The smallest absolute Gasteiger partial charge is 0.269 e. The molecular formula is C25H22N4O4S3. The van der Waals surface area contributed by atoms with Crippen LogP contribution in [0.15, 0.2) is 88.1 Å². The van der Waals surface area contributed by atoms with Crippen LogP contribution in [0.3, 0.4) is 0 Å². The van der Waals surface area contributed by atoms with Gasteiger partial charge in [-0.3, -0.25) is 14.4 Å². The lowest BCUT2D eigenvalue weighted by Crippen LogP contribution is -2.48. The van der Waals surface area contributed by atoms with Gasteiger partial charge in [0.05, 0.1) is 17.1 Å². The molecule has 0 fully saturated rings. The normalized spacial score (nSPS) is 15.1. The Balaban J connectivity index is 1.33. The summed E-state index contributed by atoms with van der Waals surface area (Å²) in [6.45, 7) is 1.70. The number of anilines is 2. The molecule has 184 valence electrons. The number of carbonyl (C=O) groups excluding carboxylic acids is 1. The molecule has 3 aromatic carbocycles. The molecule has 0 unspecified atom stereocenters. The van der Waals surface area contributed by atoms with Crippen LogP contribution in [0.5, 0.6) is 5.75 Å². The standard InChI is InChI=1S/C25H22N4O4S3/c1-17-12-13-21-20(14-17)29(36(31,32)19-10-6-3-7-11-19)15-22(33-21)23(30)26-24-27-28-25(35-24)34-16-18-8-4-2-5-9-18/h2-14,22H,15-16H2,1H3,(H,26,27,30)/t22-/m1/s1. The molecule has 1 aromatic heterocycles. The van der Waals surface area contributed by atoms with E-state index in [0.717, 1.165) is 16.9 Å². The molecule has 1 atom stereocenters. The van der Waals surface area contributed by atoms with Gasteiger partial charge in [-0.2, -0.15) is 0 Å². The predicted molar refractivity (Wildman–Crippen MR) is 141 cm³/mol. The molecule has 36 heavy (non-hydrogen) atoms. The van der Waals surface area contributed by atoms with Gasteiger partial charge in [-0.15, -0.1) is 10.2 Å². The second kappa shape index (κ2) is 10.3. The minimum atomic E-state index is -3.92. The number of hydrogen-bond donors (Lipinski definition) is 1. The number of thioether (sulfide) groups is 1. The number of nitrogens with zero attached hydrogens (tertiary/aromatic N) is 3. The van der Waals surface area contributed by atoms with E-state index >= 15 is 0 Å². The molecule has 1 N–H and O–H groups in total. The molecule has 0 saturated heterocycles. The molecule has 1 aliphatic heterocycles. The summed E-state index contributed by atoms with van der Waals surface area (Å²) in [4.78, 5) is 13.3. The highest BCUT2D eigenvalue weighted by Gasteiger charge is 2.38. The molecule has 4 aromatic rings. The number of benzene rings is 3. The van der Waals surface area contributed by atoms with Crippen LogP contribution in [0.4, 0.5) is 10.8 Å². The third kappa shape index (κ3) is 5.23. The van der Waals surface area contributed by atoms with Crippen molar-refractivity contribution in [1.82, 2.24) is 10.2 Å². The van der Waals surface area contributed by atoms with Crippen molar-refractivity contribution in [3.05, 3.63) is 90.0 Å². The second-order valence-corrected chi connectivity index (χ2v) is 12.1. The van der Waals surface area contributed by atoms with Gasteiger partial charge >= 0.3 is 0 Å². The van der Waals surface area contributed by atoms with Gasteiger partial charge in [0.15, 0.2) is 10.4 Å². The molecule has 8 nitrogen and oxygen atoms in total. The fraction of sp³-hybridized carbons (Fsp3) is 0.160. The molecule has 0 spiro atoms. The minimum absolute atomic E-state index is 0.141. The van der Waals surface area contributed by atoms with Crippen molar-refractivity contribution < 1.29 is 17.9 Å². The van der Waals surface area contributed by atoms with Crippen LogP contribution >= 0.6 is 23.1 Å². The van der Waals surface area contributed by atoms with Gasteiger partial charge in [-0.1, -0.05) is 77.7 Å². The van der Waals surface area contributed by atoms with Crippen LogP contribution < -0.4 is 14.4 Å². The molecule has 2 heterocycles. The number of aromatic nitrogens is 2. The lowest BCUT2D eigenvalue weighted by atomic mass is 10.1. The van der Waals surface area contributed by atoms with Gasteiger partial charge in [0, 0.05) is 5.75 Å². The average molecular weight is 539 g/mol. The summed E-state index contributed by atoms with van der Waals surface area (Å²) in [7, 11) is -3.92. The lowest BCUT2D eigenvalue weighted by Gasteiger charge is -2.34. The number of hydrogen-bond acceptors (Lipinski definition) is 8. The predicted octanol–water partition coefficient (Wildman–Crippen LogP) is 4.73. The number of carbonyl (C=O) groups is 1. The zero-order valence-electron chi connectivity index (χ0n) is 19.2. The van der Waals surface area contributed by atoms with E-state index in [9.17, 15) is 13.2 Å². The van der Waals surface area contributed by atoms with Crippen molar-refractivity contribution in [2.24, 2.45) is 0 Å². The maximum Gasteiger partial charge on any atom is 0.269 e. The molecular weight excluding hydrogens is 517 g/mol. The highest BCUT2D eigenvalue weighted by atomic mass is 32.2. The third-order valence-electron chi connectivity index (χ3n) is 5.45. The van der Waals surface area contributed by atoms with E-state index in [-0.39, 0.29) is 11.4 Å². The van der Waals surface area contributed by atoms with Crippen molar-refractivity contribution >= 4 is 49.8 Å². The molecule has 0 radical (unpaired) electrons. The number of ether oxygens (including phenoxy) is 1. The fourth-order valence-electron chi connectivity index (χ4n) is 3.67. The Morgan fingerprint density at radius 2 is 1.81 bits per heavy atom. The zero-order valence-corrected chi connectivity index (χ0v) is 21.6. The van der Waals surface area contributed by atoms with Gasteiger partial charge in [-0.05, 0) is 42.3 Å². The fourth-order valence-corrected chi connectivity index (χ4v) is 6.87. The van der Waals surface area contributed by atoms with Crippen LogP contribution in [0.1, 0.15) is 11.1 Å². The van der Waals surface area contributed by atoms with Crippen LogP contribution in [-0.2, 0) is 20.6 Å². The van der Waals surface area contributed by atoms with Crippen molar-refractivity contribution in [3.8, 4) is 5.75 Å². The lowest BCUT2D eigenvalue weighted by molar-refractivity contribution is -0.122. The highest BCUT2D eigenvalue weighted by molar-refractivity contribution is 8.00. The summed E-state index contributed by atoms with van der Waals surface area (Å²) in [6, 6.07) is 23.4. The average Bonchev–Trinajstić information content (AvgIpc) is 3.35. The van der Waals surface area contributed by atoms with Crippen molar-refractivity contribution in [2.75, 3.05) is 16.2 Å². The van der Waals surface area contributed by atoms with Gasteiger partial charge in [0.1, 0.15) is 5.75 Å². The summed E-state index contributed by atoms with van der Waals surface area (Å²) >= 11 is 2.78. The van der Waals surface area contributed by atoms with Crippen LogP contribution in [0, 0.1) is 6.92 Å². The summed E-state index contributed by atoms with van der Waals surface area (Å²) in [5, 5.41) is 11.3. The molecule has 1 amide bonds. The van der Waals surface area contributed by atoms with E-state index in [0.29, 0.717) is 20.9 Å². The van der Waals surface area contributed by atoms with E-state index in [1.165, 1.54) is 39.5 Å². The van der Waals surface area contributed by atoms with Crippen LogP contribution in [0.2, 0.25) is 0 Å². The second-order valence-electron chi connectivity index (χ2n) is 8.06. The van der Waals surface area contributed by atoms with E-state index in [1.54, 1.807) is 30.3 Å². The van der Waals surface area contributed by atoms with E-state index in [2.05, 4.69) is 15.5 Å². The SMILES string of the molecule is Cc1ccc2c(c1)N(S(=O)(=O)c1ccccc1)C[C@H](C(=O)Nc1nnc(SCc3ccccc3)s1)O2. The Labute approximate surface area is 217 Å². The molecule has 1 aliphatic rings. The zero-order chi connectivity index (χ0) is 25.1. The van der Waals surface area contributed by atoms with Crippen LogP contribution in [-0.4, -0.2) is 37.2 Å². The molecule has 0 saturated carbocycles. The number of nitrogens with one attached hydrogen (secondary N) is 1. The number of sulfonamides is 1. The topological polar surface area (TPSA) is 101 Å². The summed E-state index contributed by atoms with van der Waals surface area (Å²) in [5.74, 6) is 0.561. The quantitative estimate of drug-likeness (QED) is 0.268. The Morgan fingerprint density at radius 3 is 2.56 bits per heavy atom. The molecule has 5 rings (SSSR count). The van der Waals surface area contributed by atoms with Crippen molar-refractivity contribution in [1.29, 1.82) is 0 Å². The number of fused-ring (bicyclic) bond motifs is 1. The maximum atomic E-state index is 13.5. The number of amides is 1. The van der Waals surface area contributed by atoms with Crippen LogP contribution in [0.25, 0.3) is 0 Å². The molecule has 0 aliphatic carbocycles. The largest absolute Gasteiger partial charge is 0.476 e. The van der Waals surface area contributed by atoms with Crippen molar-refractivity contribution in [3.63, 3.8) is 0 Å². The Morgan fingerprint density at radius 1 is 1.08 bits per heavy atom. The Bertz CT molecular complexity index is 1480. The third-order valence-corrected chi connectivity index (χ3v) is 9.29. The van der Waals surface area contributed by atoms with Gasteiger partial charge < -0.3 is 4.74 Å². The number of rotatable bonds is 7. The Hall–Kier alpha value is -3.41. The monoisotopic (exact) mass is 538 g/mol. The minimum Gasteiger partial charge on any atom is -0.476 e. The first-order chi connectivity index (χ1) is 17.4. The van der Waals surface area contributed by atoms with Crippen molar-refractivity contribution in [2.45, 2.75) is 28.0 Å². The van der Waals surface area contributed by atoms with Gasteiger partial charge in [0.2, 0.25) is 5.13 Å². The first kappa shape index (κ1) is 24.3. The first-order valence-corrected chi connectivity index (χ1v) is 14.3. The van der Waals surface area contributed by atoms with E-state index in [1.807, 2.05) is 43.3 Å². The maximum absolute atomic E-state index is 13.5. The molecule has 11 heteroatoms. The van der Waals surface area contributed by atoms with Gasteiger partial charge in [0.25, 0.3) is 15.9 Å². The Kier molecular flexibility index (Phi) is 6.95. The van der Waals surface area contributed by atoms with Gasteiger partial charge in [-0.25, -0.2) is 8.42 Å². The van der Waals surface area contributed by atoms with E-state index < -0.39 is 22.0 Å².